The molecule has 0 bridgehead atoms. The van der Waals surface area contributed by atoms with Crippen LogP contribution in [-0.4, -0.2) is 23.1 Å². The van der Waals surface area contributed by atoms with Crippen LogP contribution in [0.25, 0.3) is 0 Å². The van der Waals surface area contributed by atoms with Crippen LogP contribution < -0.4 is 11.2 Å². The Hall–Kier alpha value is -1.13. The molecule has 1 aromatic rings. The summed E-state index contributed by atoms with van der Waals surface area (Å²) in [6.07, 6.45) is 3.83. The van der Waals surface area contributed by atoms with Gasteiger partial charge in [0.1, 0.15) is 4.99 Å². The molecular formula is C13H19N3S. The van der Waals surface area contributed by atoms with Crippen molar-refractivity contribution in [1.82, 2.24) is 5.01 Å². The van der Waals surface area contributed by atoms with E-state index in [1.165, 1.54) is 24.8 Å². The maximum absolute atomic E-state index is 5.76. The third-order valence-corrected chi connectivity index (χ3v) is 3.30. The Morgan fingerprint density at radius 1 is 1.29 bits per heavy atom. The van der Waals surface area contributed by atoms with Gasteiger partial charge in [-0.05, 0) is 31.9 Å². The Morgan fingerprint density at radius 2 is 2.00 bits per heavy atom. The number of hydrogen-bond acceptors (Lipinski definition) is 3. The van der Waals surface area contributed by atoms with Gasteiger partial charge in [-0.2, -0.15) is 0 Å². The predicted octanol–water partition coefficient (Wildman–Crippen LogP) is 2.44. The average Bonchev–Trinajstić information content (AvgIpc) is 2.32. The first-order valence-corrected chi connectivity index (χ1v) is 6.50. The molecule has 92 valence electrons. The molecule has 0 amide bonds. The number of nitrogens with zero attached hydrogens (tertiary/aromatic N) is 1. The van der Waals surface area contributed by atoms with E-state index >= 15 is 0 Å². The molecule has 1 aliphatic heterocycles. The van der Waals surface area contributed by atoms with Crippen LogP contribution in [0, 0.1) is 6.92 Å². The highest BCUT2D eigenvalue weighted by Crippen LogP contribution is 2.19. The van der Waals surface area contributed by atoms with Crippen LogP contribution in [0.3, 0.4) is 0 Å². The van der Waals surface area contributed by atoms with Gasteiger partial charge < -0.3 is 11.2 Å². The molecule has 3 N–H and O–H groups in total. The summed E-state index contributed by atoms with van der Waals surface area (Å²) in [4.78, 5) is 0.452. The first kappa shape index (κ1) is 12.3. The normalized spacial score (nSPS) is 16.8. The molecule has 0 spiro atoms. The molecule has 2 rings (SSSR count). The molecule has 0 saturated carbocycles. The van der Waals surface area contributed by atoms with Crippen molar-refractivity contribution in [1.29, 1.82) is 0 Å². The van der Waals surface area contributed by atoms with Gasteiger partial charge in [0.25, 0.3) is 0 Å². The second-order valence-electron chi connectivity index (χ2n) is 4.57. The Bertz CT molecular complexity index is 411. The summed E-state index contributed by atoms with van der Waals surface area (Å²) >= 11 is 5.10. The fourth-order valence-corrected chi connectivity index (χ4v) is 2.30. The van der Waals surface area contributed by atoms with Gasteiger partial charge in [0, 0.05) is 18.7 Å². The SMILES string of the molecule is Cc1ccc(NN2CCCCC2)c(C(N)=S)c1. The number of nitrogens with one attached hydrogen (secondary N) is 1. The maximum Gasteiger partial charge on any atom is 0.106 e. The zero-order chi connectivity index (χ0) is 12.3. The molecule has 0 aliphatic carbocycles. The van der Waals surface area contributed by atoms with Gasteiger partial charge in [0.15, 0.2) is 0 Å². The highest BCUT2D eigenvalue weighted by Gasteiger charge is 2.12. The Kier molecular flexibility index (Phi) is 3.97. The van der Waals surface area contributed by atoms with E-state index in [4.69, 9.17) is 18.0 Å². The summed E-state index contributed by atoms with van der Waals surface area (Å²) < 4.78 is 0. The molecule has 1 saturated heterocycles. The van der Waals surface area contributed by atoms with Crippen LogP contribution in [0.5, 0.6) is 0 Å². The van der Waals surface area contributed by atoms with Gasteiger partial charge >= 0.3 is 0 Å². The monoisotopic (exact) mass is 249 g/mol. The van der Waals surface area contributed by atoms with Gasteiger partial charge in [-0.15, -0.1) is 0 Å². The van der Waals surface area contributed by atoms with E-state index in [1.54, 1.807) is 0 Å². The Labute approximate surface area is 108 Å². The van der Waals surface area contributed by atoms with Crippen LogP contribution in [0.15, 0.2) is 18.2 Å². The van der Waals surface area contributed by atoms with Gasteiger partial charge in [-0.25, -0.2) is 5.01 Å². The van der Waals surface area contributed by atoms with Gasteiger partial charge in [-0.1, -0.05) is 30.3 Å². The molecule has 3 nitrogen and oxygen atoms in total. The number of aryl methyl sites for hydroxylation is 1. The lowest BCUT2D eigenvalue weighted by atomic mass is 10.1. The van der Waals surface area contributed by atoms with Crippen molar-refractivity contribution in [3.05, 3.63) is 29.3 Å². The molecule has 1 aliphatic rings. The topological polar surface area (TPSA) is 41.3 Å². The summed E-state index contributed by atoms with van der Waals surface area (Å²) in [5.74, 6) is 0. The van der Waals surface area contributed by atoms with E-state index in [2.05, 4.69) is 22.6 Å². The third-order valence-electron chi connectivity index (χ3n) is 3.08. The molecule has 0 radical (unpaired) electrons. The average molecular weight is 249 g/mol. The fraction of sp³-hybridized carbons (Fsp3) is 0.462. The van der Waals surface area contributed by atoms with Crippen molar-refractivity contribution in [2.24, 2.45) is 5.73 Å². The largest absolute Gasteiger partial charge is 0.389 e. The molecule has 0 atom stereocenters. The third kappa shape index (κ3) is 3.17. The predicted molar refractivity (Wildman–Crippen MR) is 76.1 cm³/mol. The van der Waals surface area contributed by atoms with Crippen molar-refractivity contribution in [2.75, 3.05) is 18.5 Å². The van der Waals surface area contributed by atoms with Crippen LogP contribution in [0.1, 0.15) is 30.4 Å². The van der Waals surface area contributed by atoms with Gasteiger partial charge in [0.2, 0.25) is 0 Å². The van der Waals surface area contributed by atoms with E-state index in [-0.39, 0.29) is 0 Å². The summed E-state index contributed by atoms with van der Waals surface area (Å²) in [5, 5.41) is 2.25. The van der Waals surface area contributed by atoms with Gasteiger partial charge in [0.05, 0.1) is 5.69 Å². The van der Waals surface area contributed by atoms with Crippen molar-refractivity contribution < 1.29 is 0 Å². The second kappa shape index (κ2) is 5.47. The summed E-state index contributed by atoms with van der Waals surface area (Å²) in [7, 11) is 0. The summed E-state index contributed by atoms with van der Waals surface area (Å²) in [6.45, 7) is 4.22. The lowest BCUT2D eigenvalue weighted by Crippen LogP contribution is -2.35. The van der Waals surface area contributed by atoms with E-state index < -0.39 is 0 Å². The molecule has 17 heavy (non-hydrogen) atoms. The number of hydrogen-bond donors (Lipinski definition) is 2. The minimum absolute atomic E-state index is 0.452. The Morgan fingerprint density at radius 3 is 2.65 bits per heavy atom. The minimum atomic E-state index is 0.452. The van der Waals surface area contributed by atoms with E-state index in [0.29, 0.717) is 4.99 Å². The molecule has 1 fully saturated rings. The van der Waals surface area contributed by atoms with Crippen LogP contribution in [0.2, 0.25) is 0 Å². The zero-order valence-corrected chi connectivity index (χ0v) is 11.0. The fourth-order valence-electron chi connectivity index (χ4n) is 2.14. The number of rotatable bonds is 3. The first-order valence-electron chi connectivity index (χ1n) is 6.09. The van der Waals surface area contributed by atoms with Gasteiger partial charge in [-0.3, -0.25) is 0 Å². The highest BCUT2D eigenvalue weighted by atomic mass is 32.1. The molecular weight excluding hydrogens is 230 g/mol. The lowest BCUT2D eigenvalue weighted by Gasteiger charge is -2.28. The lowest BCUT2D eigenvalue weighted by molar-refractivity contribution is 0.273. The number of nitrogens with two attached hydrogens (primary N) is 1. The van der Waals surface area contributed by atoms with Crippen molar-refractivity contribution >= 4 is 22.9 Å². The summed E-state index contributed by atoms with van der Waals surface area (Å²) in [6, 6.07) is 6.17. The first-order chi connectivity index (χ1) is 8.16. The Balaban J connectivity index is 2.16. The highest BCUT2D eigenvalue weighted by molar-refractivity contribution is 7.80. The summed E-state index contributed by atoms with van der Waals surface area (Å²) in [5.41, 5.74) is 12.3. The number of anilines is 1. The van der Waals surface area contributed by atoms with E-state index in [9.17, 15) is 0 Å². The van der Waals surface area contributed by atoms with E-state index in [1.807, 2.05) is 13.0 Å². The smallest absolute Gasteiger partial charge is 0.106 e. The molecule has 0 aromatic heterocycles. The van der Waals surface area contributed by atoms with Crippen molar-refractivity contribution in [2.45, 2.75) is 26.2 Å². The number of hydrazine groups is 1. The molecule has 4 heteroatoms. The standard InChI is InChI=1S/C13H19N3S/c1-10-5-6-12(11(9-10)13(14)17)15-16-7-3-2-4-8-16/h5-6,9,15H,2-4,7-8H2,1H3,(H2,14,17). The van der Waals surface area contributed by atoms with E-state index in [0.717, 1.165) is 24.3 Å². The van der Waals surface area contributed by atoms with Crippen molar-refractivity contribution in [3.63, 3.8) is 0 Å². The van der Waals surface area contributed by atoms with Crippen LogP contribution >= 0.6 is 12.2 Å². The quantitative estimate of drug-likeness (QED) is 0.807. The molecule has 0 unspecified atom stereocenters. The number of benzene rings is 1. The molecule has 1 aromatic carbocycles. The number of thiocarbonyl (C=S) groups is 1. The van der Waals surface area contributed by atoms with Crippen LogP contribution in [-0.2, 0) is 0 Å². The zero-order valence-electron chi connectivity index (χ0n) is 10.2. The second-order valence-corrected chi connectivity index (χ2v) is 5.01. The van der Waals surface area contributed by atoms with Crippen molar-refractivity contribution in [3.8, 4) is 0 Å². The maximum atomic E-state index is 5.76. The molecule has 1 heterocycles. The number of piperidine rings is 1. The van der Waals surface area contributed by atoms with Crippen LogP contribution in [0.4, 0.5) is 5.69 Å². The minimum Gasteiger partial charge on any atom is -0.389 e.